The van der Waals surface area contributed by atoms with Crippen LogP contribution in [0.15, 0.2) is 23.2 Å². The highest BCUT2D eigenvalue weighted by Gasteiger charge is 2.13. The minimum absolute atomic E-state index is 0. The van der Waals surface area contributed by atoms with Gasteiger partial charge in [-0.05, 0) is 18.1 Å². The standard InChI is InChI=1S/C11H16N4O2.ClH/c1-7(2)6-14-11(13)8-3-4-9(12)10(5-8)15(16)17;/h3-5,7H,6,12H2,1-2H3,(H2,13,14);1H. The molecule has 18 heavy (non-hydrogen) atoms. The monoisotopic (exact) mass is 272 g/mol. The van der Waals surface area contributed by atoms with Gasteiger partial charge < -0.3 is 11.5 Å². The molecular weight excluding hydrogens is 256 g/mol. The van der Waals surface area contributed by atoms with E-state index < -0.39 is 4.92 Å². The van der Waals surface area contributed by atoms with Crippen molar-refractivity contribution in [1.82, 2.24) is 0 Å². The zero-order valence-electron chi connectivity index (χ0n) is 10.3. The van der Waals surface area contributed by atoms with Crippen LogP contribution in [0.1, 0.15) is 19.4 Å². The summed E-state index contributed by atoms with van der Waals surface area (Å²) in [4.78, 5) is 14.3. The summed E-state index contributed by atoms with van der Waals surface area (Å²) in [5, 5.41) is 10.7. The third-order valence-electron chi connectivity index (χ3n) is 2.15. The molecule has 0 amide bonds. The Hall–Kier alpha value is -1.82. The summed E-state index contributed by atoms with van der Waals surface area (Å²) in [5.41, 5.74) is 11.7. The first-order valence-electron chi connectivity index (χ1n) is 5.26. The zero-order valence-corrected chi connectivity index (χ0v) is 11.1. The van der Waals surface area contributed by atoms with Crippen molar-refractivity contribution in [2.45, 2.75) is 13.8 Å². The minimum Gasteiger partial charge on any atom is -0.393 e. The molecule has 0 saturated heterocycles. The van der Waals surface area contributed by atoms with Crippen LogP contribution < -0.4 is 11.5 Å². The van der Waals surface area contributed by atoms with E-state index in [1.54, 1.807) is 6.07 Å². The lowest BCUT2D eigenvalue weighted by Gasteiger charge is -2.04. The van der Waals surface area contributed by atoms with Crippen molar-refractivity contribution in [3.8, 4) is 0 Å². The van der Waals surface area contributed by atoms with Gasteiger partial charge in [0.05, 0.1) is 4.92 Å². The molecule has 0 heterocycles. The fourth-order valence-electron chi connectivity index (χ4n) is 1.23. The van der Waals surface area contributed by atoms with Crippen LogP contribution in [0.25, 0.3) is 0 Å². The van der Waals surface area contributed by atoms with Crippen molar-refractivity contribution in [3.63, 3.8) is 0 Å². The van der Waals surface area contributed by atoms with E-state index in [-0.39, 0.29) is 23.8 Å². The van der Waals surface area contributed by atoms with E-state index in [2.05, 4.69) is 4.99 Å². The number of rotatable bonds is 4. The number of nitro groups is 1. The molecule has 0 aromatic heterocycles. The molecule has 0 fully saturated rings. The van der Waals surface area contributed by atoms with E-state index in [0.717, 1.165) is 0 Å². The predicted molar refractivity (Wildman–Crippen MR) is 75.2 cm³/mol. The Kier molecular flexibility index (Phi) is 6.12. The van der Waals surface area contributed by atoms with Crippen molar-refractivity contribution in [2.24, 2.45) is 16.6 Å². The van der Waals surface area contributed by atoms with E-state index in [4.69, 9.17) is 11.5 Å². The molecule has 4 N–H and O–H groups in total. The maximum atomic E-state index is 10.7. The fraction of sp³-hybridized carbons (Fsp3) is 0.364. The lowest BCUT2D eigenvalue weighted by molar-refractivity contribution is -0.383. The van der Waals surface area contributed by atoms with Crippen LogP contribution in [0.2, 0.25) is 0 Å². The highest BCUT2D eigenvalue weighted by atomic mass is 35.5. The third-order valence-corrected chi connectivity index (χ3v) is 2.15. The van der Waals surface area contributed by atoms with Gasteiger partial charge in [0.25, 0.3) is 5.69 Å². The van der Waals surface area contributed by atoms with Crippen LogP contribution in [0.4, 0.5) is 11.4 Å². The highest BCUT2D eigenvalue weighted by molar-refractivity contribution is 5.98. The van der Waals surface area contributed by atoms with Gasteiger partial charge in [0.1, 0.15) is 11.5 Å². The van der Waals surface area contributed by atoms with E-state index in [1.165, 1.54) is 12.1 Å². The number of nitrogens with two attached hydrogens (primary N) is 2. The fourth-order valence-corrected chi connectivity index (χ4v) is 1.23. The molecule has 6 nitrogen and oxygen atoms in total. The lowest BCUT2D eigenvalue weighted by Crippen LogP contribution is -2.15. The molecule has 0 atom stereocenters. The van der Waals surface area contributed by atoms with Crippen molar-refractivity contribution >= 4 is 29.6 Å². The SMILES string of the molecule is CC(C)CN=C(N)c1ccc(N)c([N+](=O)[O-])c1.Cl. The van der Waals surface area contributed by atoms with Gasteiger partial charge in [0.15, 0.2) is 0 Å². The average Bonchev–Trinajstić information content (AvgIpc) is 2.26. The van der Waals surface area contributed by atoms with Crippen LogP contribution in [0, 0.1) is 16.0 Å². The maximum absolute atomic E-state index is 10.7. The largest absolute Gasteiger partial charge is 0.393 e. The van der Waals surface area contributed by atoms with Crippen LogP contribution >= 0.6 is 12.4 Å². The molecule has 0 radical (unpaired) electrons. The Labute approximate surface area is 112 Å². The predicted octanol–water partition coefficient (Wildman–Crippen LogP) is 1.96. The van der Waals surface area contributed by atoms with Gasteiger partial charge in [0.2, 0.25) is 0 Å². The van der Waals surface area contributed by atoms with Gasteiger partial charge in [-0.15, -0.1) is 12.4 Å². The topological polar surface area (TPSA) is 108 Å². The normalized spacial score (nSPS) is 11.2. The second-order valence-corrected chi connectivity index (χ2v) is 4.15. The average molecular weight is 273 g/mol. The summed E-state index contributed by atoms with van der Waals surface area (Å²) in [7, 11) is 0. The summed E-state index contributed by atoms with van der Waals surface area (Å²) >= 11 is 0. The van der Waals surface area contributed by atoms with Crippen LogP contribution in [0.3, 0.4) is 0 Å². The summed E-state index contributed by atoms with van der Waals surface area (Å²) in [6.45, 7) is 4.62. The molecule has 0 saturated carbocycles. The number of halogens is 1. The maximum Gasteiger partial charge on any atom is 0.292 e. The number of hydrogen-bond donors (Lipinski definition) is 2. The van der Waals surface area contributed by atoms with Gasteiger partial charge in [-0.25, -0.2) is 0 Å². The lowest BCUT2D eigenvalue weighted by atomic mass is 10.1. The summed E-state index contributed by atoms with van der Waals surface area (Å²) < 4.78 is 0. The van der Waals surface area contributed by atoms with Gasteiger partial charge in [-0.2, -0.15) is 0 Å². The second-order valence-electron chi connectivity index (χ2n) is 4.15. The van der Waals surface area contributed by atoms with Gasteiger partial charge in [-0.3, -0.25) is 15.1 Å². The molecule has 0 bridgehead atoms. The highest BCUT2D eigenvalue weighted by Crippen LogP contribution is 2.22. The van der Waals surface area contributed by atoms with Gasteiger partial charge >= 0.3 is 0 Å². The number of nitrogen functional groups attached to an aromatic ring is 1. The second kappa shape index (κ2) is 6.80. The molecule has 0 unspecified atom stereocenters. The molecule has 100 valence electrons. The van der Waals surface area contributed by atoms with E-state index in [9.17, 15) is 10.1 Å². The molecule has 1 rings (SSSR count). The molecule has 0 aliphatic carbocycles. The Morgan fingerprint density at radius 2 is 2.11 bits per heavy atom. The minimum atomic E-state index is -0.533. The molecule has 0 aliphatic rings. The number of aliphatic imine (C=N–C) groups is 1. The first-order valence-corrected chi connectivity index (χ1v) is 5.26. The van der Waals surface area contributed by atoms with Crippen LogP contribution in [0.5, 0.6) is 0 Å². The smallest absolute Gasteiger partial charge is 0.292 e. The first-order chi connectivity index (χ1) is 7.91. The number of anilines is 1. The molecular formula is C11H17ClN4O2. The van der Waals surface area contributed by atoms with Gasteiger partial charge in [-0.1, -0.05) is 13.8 Å². The number of benzene rings is 1. The van der Waals surface area contributed by atoms with E-state index in [0.29, 0.717) is 23.9 Å². The number of amidine groups is 1. The Balaban J connectivity index is 0.00000289. The van der Waals surface area contributed by atoms with Crippen molar-refractivity contribution in [1.29, 1.82) is 0 Å². The molecule has 0 aliphatic heterocycles. The van der Waals surface area contributed by atoms with Gasteiger partial charge in [0, 0.05) is 18.2 Å². The van der Waals surface area contributed by atoms with Crippen LogP contribution in [-0.2, 0) is 0 Å². The number of nitrogens with zero attached hydrogens (tertiary/aromatic N) is 2. The summed E-state index contributed by atoms with van der Waals surface area (Å²) in [5.74, 6) is 0.680. The zero-order chi connectivity index (χ0) is 13.0. The molecule has 0 spiro atoms. The summed E-state index contributed by atoms with van der Waals surface area (Å²) in [6, 6.07) is 4.43. The van der Waals surface area contributed by atoms with Crippen molar-refractivity contribution < 1.29 is 4.92 Å². The number of hydrogen-bond acceptors (Lipinski definition) is 4. The quantitative estimate of drug-likeness (QED) is 0.287. The van der Waals surface area contributed by atoms with Crippen molar-refractivity contribution in [3.05, 3.63) is 33.9 Å². The van der Waals surface area contributed by atoms with Crippen LogP contribution in [-0.4, -0.2) is 17.3 Å². The molecule has 1 aromatic rings. The third kappa shape index (κ3) is 4.21. The van der Waals surface area contributed by atoms with E-state index >= 15 is 0 Å². The Morgan fingerprint density at radius 1 is 1.50 bits per heavy atom. The first kappa shape index (κ1) is 16.2. The van der Waals surface area contributed by atoms with E-state index in [1.807, 2.05) is 13.8 Å². The molecule has 7 heteroatoms. The molecule has 1 aromatic carbocycles. The van der Waals surface area contributed by atoms with Crippen molar-refractivity contribution in [2.75, 3.05) is 12.3 Å². The number of nitro benzene ring substituents is 1. The Bertz CT molecular complexity index is 460. The Morgan fingerprint density at radius 3 is 2.61 bits per heavy atom. The summed E-state index contributed by atoms with van der Waals surface area (Å²) in [6.07, 6.45) is 0.